The molecule has 1 aliphatic rings. The number of nitrogens with one attached hydrogen (secondary N) is 4. The number of carbonyl (C=O) groups excluding carboxylic acids is 1. The van der Waals surface area contributed by atoms with Crippen LogP contribution in [0.1, 0.15) is 20.3 Å². The second-order valence-electron chi connectivity index (χ2n) is 6.00. The summed E-state index contributed by atoms with van der Waals surface area (Å²) >= 11 is 0. The van der Waals surface area contributed by atoms with Crippen LogP contribution in [-0.2, 0) is 9.84 Å². The number of anilines is 1. The molecule has 0 spiro atoms. The van der Waals surface area contributed by atoms with Crippen molar-refractivity contribution in [3.63, 3.8) is 0 Å². The molecule has 2 unspecified atom stereocenters. The quantitative estimate of drug-likeness (QED) is 0.643. The van der Waals surface area contributed by atoms with Gasteiger partial charge in [-0.05, 0) is 50.5 Å². The van der Waals surface area contributed by atoms with Gasteiger partial charge in [0.1, 0.15) is 0 Å². The third-order valence-corrected chi connectivity index (χ3v) is 5.26. The molecule has 0 aliphatic carbocycles. The minimum atomic E-state index is -3.22. The second kappa shape index (κ2) is 7.29. The van der Waals surface area contributed by atoms with E-state index in [2.05, 4.69) is 35.3 Å². The van der Waals surface area contributed by atoms with Gasteiger partial charge in [0, 0.05) is 30.6 Å². The Labute approximate surface area is 137 Å². The molecule has 23 heavy (non-hydrogen) atoms. The number of sulfone groups is 1. The number of hydrazine groups is 1. The normalized spacial score (nSPS) is 24.4. The summed E-state index contributed by atoms with van der Waals surface area (Å²) in [6, 6.07) is 6.55. The highest BCUT2D eigenvalue weighted by Crippen LogP contribution is 2.17. The number of urea groups is 1. The largest absolute Gasteiger partial charge is 0.338 e. The Morgan fingerprint density at radius 1 is 1.13 bits per heavy atom. The maximum atomic E-state index is 11.9. The molecule has 0 bridgehead atoms. The molecular weight excluding hydrogens is 316 g/mol. The predicted octanol–water partition coefficient (Wildman–Crippen LogP) is 1.10. The van der Waals surface area contributed by atoms with E-state index in [0.717, 1.165) is 12.7 Å². The third kappa shape index (κ3) is 4.92. The van der Waals surface area contributed by atoms with Crippen LogP contribution in [0.2, 0.25) is 0 Å². The molecule has 7 nitrogen and oxygen atoms in total. The van der Waals surface area contributed by atoms with Crippen molar-refractivity contribution in [3.05, 3.63) is 24.3 Å². The van der Waals surface area contributed by atoms with Crippen molar-refractivity contribution in [1.82, 2.24) is 16.2 Å². The van der Waals surface area contributed by atoms with Crippen LogP contribution in [0.3, 0.4) is 0 Å². The van der Waals surface area contributed by atoms with E-state index in [0.29, 0.717) is 30.2 Å². The topological polar surface area (TPSA) is 99.3 Å². The summed E-state index contributed by atoms with van der Waals surface area (Å²) < 4.78 is 22.8. The average Bonchev–Trinajstić information content (AvgIpc) is 2.78. The smallest absolute Gasteiger partial charge is 0.319 e. The van der Waals surface area contributed by atoms with E-state index in [4.69, 9.17) is 0 Å². The first-order chi connectivity index (χ1) is 10.8. The number of amides is 2. The van der Waals surface area contributed by atoms with Crippen LogP contribution in [0.25, 0.3) is 0 Å². The molecule has 1 aliphatic heterocycles. The van der Waals surface area contributed by atoms with E-state index in [-0.39, 0.29) is 10.9 Å². The molecule has 0 radical (unpaired) electrons. The van der Waals surface area contributed by atoms with E-state index in [1.165, 1.54) is 12.1 Å². The molecule has 0 aromatic heterocycles. The first-order valence-electron chi connectivity index (χ1n) is 7.63. The fourth-order valence-electron chi connectivity index (χ4n) is 2.72. The van der Waals surface area contributed by atoms with Gasteiger partial charge in [-0.2, -0.15) is 0 Å². The van der Waals surface area contributed by atoms with Gasteiger partial charge in [-0.1, -0.05) is 0 Å². The number of rotatable bonds is 5. The Morgan fingerprint density at radius 3 is 2.22 bits per heavy atom. The van der Waals surface area contributed by atoms with Gasteiger partial charge in [0.2, 0.25) is 0 Å². The number of benzene rings is 1. The van der Waals surface area contributed by atoms with Crippen LogP contribution in [0.5, 0.6) is 0 Å². The molecule has 2 atom stereocenters. The lowest BCUT2D eigenvalue weighted by Gasteiger charge is -2.18. The van der Waals surface area contributed by atoms with Gasteiger partial charge in [0.15, 0.2) is 9.84 Å². The Balaban J connectivity index is 1.79. The standard InChI is InChI=1S/C15H24N4O3S/c1-10-14(11(2)19-18-10)8-9-16-15(20)17-12-4-6-13(7-5-12)23(3,21)22/h4-7,10-11,14,18-19H,8-9H2,1-3H3,(H2,16,17,20). The molecule has 128 valence electrons. The summed E-state index contributed by atoms with van der Waals surface area (Å²) in [4.78, 5) is 12.1. The first-order valence-corrected chi connectivity index (χ1v) is 9.52. The van der Waals surface area contributed by atoms with Gasteiger partial charge < -0.3 is 10.6 Å². The number of hydrogen-bond acceptors (Lipinski definition) is 5. The fraction of sp³-hybridized carbons (Fsp3) is 0.533. The zero-order chi connectivity index (χ0) is 17.0. The summed E-state index contributed by atoms with van der Waals surface area (Å²) in [6.07, 6.45) is 2.03. The van der Waals surface area contributed by atoms with Crippen molar-refractivity contribution >= 4 is 21.6 Å². The maximum absolute atomic E-state index is 11.9. The van der Waals surface area contributed by atoms with Crippen LogP contribution in [0, 0.1) is 5.92 Å². The molecule has 1 aromatic carbocycles. The molecule has 2 rings (SSSR count). The molecule has 1 fully saturated rings. The molecule has 1 heterocycles. The Kier molecular flexibility index (Phi) is 5.61. The molecule has 8 heteroatoms. The summed E-state index contributed by atoms with van der Waals surface area (Å²) in [5, 5.41) is 5.51. The van der Waals surface area contributed by atoms with Crippen LogP contribution in [0.4, 0.5) is 10.5 Å². The number of hydrogen-bond donors (Lipinski definition) is 4. The zero-order valence-electron chi connectivity index (χ0n) is 13.6. The van der Waals surface area contributed by atoms with E-state index >= 15 is 0 Å². The van der Waals surface area contributed by atoms with Crippen molar-refractivity contribution < 1.29 is 13.2 Å². The fourth-order valence-corrected chi connectivity index (χ4v) is 3.35. The van der Waals surface area contributed by atoms with E-state index in [9.17, 15) is 13.2 Å². The van der Waals surface area contributed by atoms with Gasteiger partial charge in [-0.15, -0.1) is 0 Å². The van der Waals surface area contributed by atoms with Crippen LogP contribution in [-0.4, -0.2) is 39.3 Å². The molecule has 2 amide bonds. The molecule has 4 N–H and O–H groups in total. The van der Waals surface area contributed by atoms with Crippen molar-refractivity contribution in [2.45, 2.75) is 37.2 Å². The van der Waals surface area contributed by atoms with Crippen LogP contribution >= 0.6 is 0 Å². The number of carbonyl (C=O) groups is 1. The Hall–Kier alpha value is -1.64. The van der Waals surface area contributed by atoms with Gasteiger partial charge in [0.25, 0.3) is 0 Å². The van der Waals surface area contributed by atoms with Crippen molar-refractivity contribution in [1.29, 1.82) is 0 Å². The van der Waals surface area contributed by atoms with Crippen molar-refractivity contribution in [2.75, 3.05) is 18.1 Å². The highest BCUT2D eigenvalue weighted by molar-refractivity contribution is 7.90. The van der Waals surface area contributed by atoms with Gasteiger partial charge in [-0.3, -0.25) is 10.9 Å². The van der Waals surface area contributed by atoms with Crippen LogP contribution < -0.4 is 21.5 Å². The van der Waals surface area contributed by atoms with Gasteiger partial charge >= 0.3 is 6.03 Å². The third-order valence-electron chi connectivity index (χ3n) is 4.13. The summed E-state index contributed by atoms with van der Waals surface area (Å²) in [6.45, 7) is 4.81. The highest BCUT2D eigenvalue weighted by atomic mass is 32.2. The molecule has 0 saturated carbocycles. The summed E-state index contributed by atoms with van der Waals surface area (Å²) in [5.74, 6) is 0.462. The first kappa shape index (κ1) is 17.7. The van der Waals surface area contributed by atoms with Crippen molar-refractivity contribution in [3.8, 4) is 0 Å². The predicted molar refractivity (Wildman–Crippen MR) is 89.9 cm³/mol. The molecule has 1 aromatic rings. The lowest BCUT2D eigenvalue weighted by atomic mass is 9.93. The lowest BCUT2D eigenvalue weighted by molar-refractivity contribution is 0.250. The Morgan fingerprint density at radius 2 is 1.70 bits per heavy atom. The van der Waals surface area contributed by atoms with Gasteiger partial charge in [0.05, 0.1) is 4.90 Å². The maximum Gasteiger partial charge on any atom is 0.319 e. The average molecular weight is 340 g/mol. The molecule has 1 saturated heterocycles. The van der Waals surface area contributed by atoms with Crippen molar-refractivity contribution in [2.24, 2.45) is 5.92 Å². The summed E-state index contributed by atoms with van der Waals surface area (Å²) in [5.41, 5.74) is 6.93. The SMILES string of the molecule is CC1NNC(C)C1CCNC(=O)Nc1ccc(S(C)(=O)=O)cc1. The summed E-state index contributed by atoms with van der Waals surface area (Å²) in [7, 11) is -3.22. The Bertz CT molecular complexity index is 635. The van der Waals surface area contributed by atoms with E-state index in [1.54, 1.807) is 12.1 Å². The molecular formula is C15H24N4O3S. The lowest BCUT2D eigenvalue weighted by Crippen LogP contribution is -2.33. The van der Waals surface area contributed by atoms with E-state index < -0.39 is 9.84 Å². The minimum Gasteiger partial charge on any atom is -0.338 e. The van der Waals surface area contributed by atoms with E-state index in [1.807, 2.05) is 0 Å². The highest BCUT2D eigenvalue weighted by Gasteiger charge is 2.29. The van der Waals surface area contributed by atoms with Crippen LogP contribution in [0.15, 0.2) is 29.2 Å². The second-order valence-corrected chi connectivity index (χ2v) is 8.01. The minimum absolute atomic E-state index is 0.229. The van der Waals surface area contributed by atoms with Gasteiger partial charge in [-0.25, -0.2) is 13.2 Å². The zero-order valence-corrected chi connectivity index (χ0v) is 14.4. The monoisotopic (exact) mass is 340 g/mol.